The first-order valence-electron chi connectivity index (χ1n) is 8.26. The van der Waals surface area contributed by atoms with Crippen LogP contribution in [0.1, 0.15) is 25.7 Å². The van der Waals surface area contributed by atoms with Crippen molar-refractivity contribution in [2.24, 2.45) is 9.98 Å². The molecule has 0 aromatic heterocycles. The molecule has 0 amide bonds. The number of phenols is 2. The van der Waals surface area contributed by atoms with Crippen molar-refractivity contribution in [2.45, 2.75) is 25.7 Å². The van der Waals surface area contributed by atoms with E-state index in [0.717, 1.165) is 25.7 Å². The number of carbonyl (C=O) groups excluding carboxylic acids is 2. The number of unbranched alkanes of at least 4 members (excludes halogenated alkanes) is 3. The number of para-hydroxylation sites is 2. The molecule has 0 atom stereocenters. The van der Waals surface area contributed by atoms with Crippen LogP contribution in [0.15, 0.2) is 70.6 Å². The molecule has 0 aliphatic heterocycles. The Morgan fingerprint density at radius 3 is 1.19 bits per heavy atom. The van der Waals surface area contributed by atoms with Crippen LogP contribution in [0.3, 0.4) is 0 Å². The van der Waals surface area contributed by atoms with Crippen molar-refractivity contribution in [1.29, 1.82) is 0 Å². The molecule has 2 rings (SSSR count). The Morgan fingerprint density at radius 1 is 0.615 bits per heavy atom. The molecule has 0 heterocycles. The van der Waals surface area contributed by atoms with Crippen LogP contribution >= 0.6 is 0 Å². The normalized spacial score (nSPS) is 8.46. The van der Waals surface area contributed by atoms with Crippen LogP contribution in [0, 0.1) is 0 Å². The third-order valence-electron chi connectivity index (χ3n) is 2.93. The summed E-state index contributed by atoms with van der Waals surface area (Å²) >= 11 is 0. The van der Waals surface area contributed by atoms with Crippen molar-refractivity contribution in [3.05, 3.63) is 60.7 Å². The van der Waals surface area contributed by atoms with Crippen molar-refractivity contribution in [2.75, 3.05) is 13.1 Å². The first-order chi connectivity index (χ1) is 12.7. The molecule has 26 heavy (non-hydrogen) atoms. The average molecular weight is 356 g/mol. The zero-order chi connectivity index (χ0) is 19.3. The molecule has 0 radical (unpaired) electrons. The lowest BCUT2D eigenvalue weighted by Gasteiger charge is -1.93. The lowest BCUT2D eigenvalue weighted by molar-refractivity contribution is 0.475. The summed E-state index contributed by atoms with van der Waals surface area (Å²) in [6.45, 7) is 1.11. The summed E-state index contributed by atoms with van der Waals surface area (Å²) in [5.41, 5.74) is 0. The maximum Gasteiger partial charge on any atom is 0.234 e. The van der Waals surface area contributed by atoms with Crippen LogP contribution < -0.4 is 0 Å². The van der Waals surface area contributed by atoms with E-state index >= 15 is 0 Å². The predicted molar refractivity (Wildman–Crippen MR) is 101 cm³/mol. The van der Waals surface area contributed by atoms with E-state index in [1.807, 2.05) is 12.1 Å². The highest BCUT2D eigenvalue weighted by Crippen LogP contribution is 2.03. The number of hydrogen-bond donors (Lipinski definition) is 2. The van der Waals surface area contributed by atoms with Crippen molar-refractivity contribution in [3.63, 3.8) is 0 Å². The molecule has 0 fully saturated rings. The first kappa shape index (κ1) is 22.8. The highest BCUT2D eigenvalue weighted by atomic mass is 16.3. The fraction of sp³-hybridized carbons (Fsp3) is 0.300. The summed E-state index contributed by atoms with van der Waals surface area (Å²) in [4.78, 5) is 26.1. The number of isocyanates is 2. The maximum absolute atomic E-state index is 9.63. The molecule has 0 saturated carbocycles. The number of nitrogens with zero attached hydrogens (tertiary/aromatic N) is 2. The molecule has 0 aliphatic rings. The lowest BCUT2D eigenvalue weighted by Crippen LogP contribution is -1.84. The monoisotopic (exact) mass is 356 g/mol. The Hall–Kier alpha value is -3.20. The molecule has 0 unspecified atom stereocenters. The Bertz CT molecular complexity index is 591. The van der Waals surface area contributed by atoms with Gasteiger partial charge in [-0.1, -0.05) is 49.2 Å². The Morgan fingerprint density at radius 2 is 0.962 bits per heavy atom. The van der Waals surface area contributed by atoms with Crippen LogP contribution in [0.4, 0.5) is 0 Å². The molecule has 138 valence electrons. The van der Waals surface area contributed by atoms with Crippen molar-refractivity contribution < 1.29 is 19.8 Å². The van der Waals surface area contributed by atoms with Gasteiger partial charge in [-0.15, -0.1) is 0 Å². The molecule has 0 spiro atoms. The number of benzene rings is 2. The molecule has 2 aromatic rings. The van der Waals surface area contributed by atoms with E-state index in [1.165, 1.54) is 12.2 Å². The number of phenolic OH excluding ortho intramolecular Hbond substituents is 2. The van der Waals surface area contributed by atoms with Gasteiger partial charge in [0.1, 0.15) is 11.5 Å². The van der Waals surface area contributed by atoms with Gasteiger partial charge in [-0.25, -0.2) is 19.6 Å². The van der Waals surface area contributed by atoms with Crippen LogP contribution in [-0.2, 0) is 9.59 Å². The van der Waals surface area contributed by atoms with Crippen LogP contribution in [0.2, 0.25) is 0 Å². The van der Waals surface area contributed by atoms with Crippen LogP contribution in [0.5, 0.6) is 11.5 Å². The summed E-state index contributed by atoms with van der Waals surface area (Å²) in [6, 6.07) is 17.4. The van der Waals surface area contributed by atoms with Crippen LogP contribution in [0.25, 0.3) is 0 Å². The quantitative estimate of drug-likeness (QED) is 0.445. The number of aromatic hydroxyl groups is 2. The fourth-order valence-corrected chi connectivity index (χ4v) is 1.68. The highest BCUT2D eigenvalue weighted by molar-refractivity contribution is 5.32. The van der Waals surface area contributed by atoms with Gasteiger partial charge in [0.05, 0.1) is 13.1 Å². The summed E-state index contributed by atoms with van der Waals surface area (Å²) in [5.74, 6) is 0.644. The second-order valence-electron chi connectivity index (χ2n) is 5.03. The Balaban J connectivity index is 0.000000381. The molecule has 0 saturated heterocycles. The van der Waals surface area contributed by atoms with E-state index in [1.54, 1.807) is 48.5 Å². The van der Waals surface area contributed by atoms with Gasteiger partial charge >= 0.3 is 0 Å². The smallest absolute Gasteiger partial charge is 0.234 e. The van der Waals surface area contributed by atoms with Gasteiger partial charge in [0.15, 0.2) is 0 Å². The summed E-state index contributed by atoms with van der Waals surface area (Å²) in [7, 11) is 0. The second kappa shape index (κ2) is 18.1. The van der Waals surface area contributed by atoms with Gasteiger partial charge < -0.3 is 10.2 Å². The molecule has 6 heteroatoms. The lowest BCUT2D eigenvalue weighted by atomic mass is 10.2. The molecule has 2 aromatic carbocycles. The number of aliphatic imine (C=N–C) groups is 2. The molecule has 6 nitrogen and oxygen atoms in total. The van der Waals surface area contributed by atoms with E-state index in [0.29, 0.717) is 24.6 Å². The Labute approximate surface area is 153 Å². The minimum atomic E-state index is 0.322. The van der Waals surface area contributed by atoms with E-state index in [-0.39, 0.29) is 0 Å². The van der Waals surface area contributed by atoms with Crippen molar-refractivity contribution in [1.82, 2.24) is 0 Å². The minimum absolute atomic E-state index is 0.322. The third-order valence-corrected chi connectivity index (χ3v) is 2.93. The van der Waals surface area contributed by atoms with Gasteiger partial charge in [0, 0.05) is 0 Å². The molecular formula is C20H24N2O4. The zero-order valence-electron chi connectivity index (χ0n) is 14.6. The standard InChI is InChI=1S/C8H12N2O2.2C6H6O/c11-7-9-5-3-1-2-4-6-10-8-12;2*7-6-4-2-1-3-5-6/h1-6H2;2*1-5,7H. The summed E-state index contributed by atoms with van der Waals surface area (Å²) < 4.78 is 0. The van der Waals surface area contributed by atoms with E-state index < -0.39 is 0 Å². The number of rotatable bonds is 7. The minimum Gasteiger partial charge on any atom is -0.508 e. The van der Waals surface area contributed by atoms with Gasteiger partial charge in [-0.3, -0.25) is 0 Å². The van der Waals surface area contributed by atoms with Crippen molar-refractivity contribution >= 4 is 12.2 Å². The second-order valence-corrected chi connectivity index (χ2v) is 5.03. The SMILES string of the molecule is O=C=NCCCCCCN=C=O.Oc1ccccc1.Oc1ccccc1. The highest BCUT2D eigenvalue weighted by Gasteiger charge is 1.87. The third kappa shape index (κ3) is 17.2. The largest absolute Gasteiger partial charge is 0.508 e. The fourth-order valence-electron chi connectivity index (χ4n) is 1.68. The van der Waals surface area contributed by atoms with Gasteiger partial charge in [0.25, 0.3) is 0 Å². The first-order valence-corrected chi connectivity index (χ1v) is 8.26. The average Bonchev–Trinajstić information content (AvgIpc) is 2.66. The van der Waals surface area contributed by atoms with Crippen molar-refractivity contribution in [3.8, 4) is 11.5 Å². The van der Waals surface area contributed by atoms with E-state index in [4.69, 9.17) is 10.2 Å². The molecule has 2 N–H and O–H groups in total. The summed E-state index contributed by atoms with van der Waals surface area (Å²) in [5, 5.41) is 17.3. The molecule has 0 aliphatic carbocycles. The van der Waals surface area contributed by atoms with Crippen LogP contribution in [-0.4, -0.2) is 35.5 Å². The topological polar surface area (TPSA) is 99.3 Å². The predicted octanol–water partition coefficient (Wildman–Crippen LogP) is 4.00. The zero-order valence-corrected chi connectivity index (χ0v) is 14.6. The number of hydrogen-bond acceptors (Lipinski definition) is 6. The molecular weight excluding hydrogens is 332 g/mol. The summed E-state index contributed by atoms with van der Waals surface area (Å²) in [6.07, 6.45) is 6.80. The van der Waals surface area contributed by atoms with Gasteiger partial charge in [0.2, 0.25) is 12.2 Å². The molecule has 0 bridgehead atoms. The van der Waals surface area contributed by atoms with Gasteiger partial charge in [-0.2, -0.15) is 0 Å². The van der Waals surface area contributed by atoms with Gasteiger partial charge in [-0.05, 0) is 37.1 Å². The maximum atomic E-state index is 9.63. The van der Waals surface area contributed by atoms with E-state index in [2.05, 4.69) is 9.98 Å². The van der Waals surface area contributed by atoms with E-state index in [9.17, 15) is 9.59 Å². The Kier molecular flexibility index (Phi) is 15.9.